The highest BCUT2D eigenvalue weighted by Crippen LogP contribution is 2.02. The minimum atomic E-state index is -1.09. The highest BCUT2D eigenvalue weighted by atomic mass is 16.6. The summed E-state index contributed by atoms with van der Waals surface area (Å²) < 4.78 is 4.54. The monoisotopic (exact) mass is 402 g/mol. The number of carboxylic acids is 1. The van der Waals surface area contributed by atoms with Gasteiger partial charge in [-0.2, -0.15) is 0 Å². The average molecular weight is 403 g/mol. The predicted molar refractivity (Wildman–Crippen MR) is 116 cm³/mol. The first-order chi connectivity index (χ1) is 14.1. The van der Waals surface area contributed by atoms with Crippen LogP contribution >= 0.6 is 0 Å². The van der Waals surface area contributed by atoms with Gasteiger partial charge in [0.05, 0.1) is 12.8 Å². The lowest BCUT2D eigenvalue weighted by Gasteiger charge is -2.00. The smallest absolute Gasteiger partial charge is 0.314 e. The van der Waals surface area contributed by atoms with E-state index in [0.717, 1.165) is 38.5 Å². The molecule has 0 radical (unpaired) electrons. The van der Waals surface area contributed by atoms with Gasteiger partial charge in [-0.15, -0.1) is 0 Å². The second kappa shape index (κ2) is 20.1. The van der Waals surface area contributed by atoms with Crippen molar-refractivity contribution in [1.82, 2.24) is 0 Å². The molecular weight excluding hydrogens is 368 g/mol. The van der Waals surface area contributed by atoms with Gasteiger partial charge >= 0.3 is 17.9 Å². The molecule has 0 aliphatic rings. The van der Waals surface area contributed by atoms with Gasteiger partial charge in [-0.1, -0.05) is 67.7 Å². The Hall–Kier alpha value is -2.69. The van der Waals surface area contributed by atoms with Gasteiger partial charge in [-0.3, -0.25) is 14.4 Å². The Labute approximate surface area is 174 Å². The Kier molecular flexibility index (Phi) is 18.2. The van der Waals surface area contributed by atoms with Gasteiger partial charge < -0.3 is 9.84 Å². The number of carboxylic acid groups (broad SMARTS) is 1. The molecule has 0 heterocycles. The van der Waals surface area contributed by atoms with Crippen molar-refractivity contribution >= 4 is 17.9 Å². The molecular formula is C24H34O5. The summed E-state index contributed by atoms with van der Waals surface area (Å²) in [5.74, 6) is -2.48. The molecule has 0 aliphatic carbocycles. The quantitative estimate of drug-likeness (QED) is 0.152. The molecule has 5 heteroatoms. The number of hydrogen-bond acceptors (Lipinski definition) is 4. The van der Waals surface area contributed by atoms with Crippen LogP contribution < -0.4 is 0 Å². The maximum absolute atomic E-state index is 11.4. The van der Waals surface area contributed by atoms with Crippen LogP contribution in [0.4, 0.5) is 0 Å². The Balaban J connectivity index is 3.62. The van der Waals surface area contributed by atoms with E-state index in [4.69, 9.17) is 5.11 Å². The summed E-state index contributed by atoms with van der Waals surface area (Å²) in [4.78, 5) is 32.9. The molecule has 0 aromatic rings. The maximum atomic E-state index is 11.4. The van der Waals surface area contributed by atoms with Crippen LogP contribution in [0.2, 0.25) is 0 Å². The SMILES string of the molecule is CCC=CCC=CCC=CCC=CCC=CCCCC(=O)OC(=O)CCC(=O)O. The minimum Gasteiger partial charge on any atom is -0.481 e. The van der Waals surface area contributed by atoms with Gasteiger partial charge in [0, 0.05) is 6.42 Å². The molecule has 0 aromatic heterocycles. The normalized spacial score (nSPS) is 12.2. The van der Waals surface area contributed by atoms with Crippen LogP contribution in [0.1, 0.15) is 71.1 Å². The van der Waals surface area contributed by atoms with Crippen molar-refractivity contribution in [1.29, 1.82) is 0 Å². The number of ether oxygens (including phenoxy) is 1. The number of aliphatic carboxylic acids is 1. The number of allylic oxidation sites excluding steroid dienone is 10. The first kappa shape index (κ1) is 26.3. The first-order valence-corrected chi connectivity index (χ1v) is 10.3. The van der Waals surface area contributed by atoms with Gasteiger partial charge in [0.15, 0.2) is 0 Å². The molecule has 0 aliphatic heterocycles. The second-order valence-electron chi connectivity index (χ2n) is 6.34. The van der Waals surface area contributed by atoms with Crippen molar-refractivity contribution in [3.05, 3.63) is 60.8 Å². The molecule has 0 atom stereocenters. The summed E-state index contributed by atoms with van der Waals surface area (Å²) in [6.07, 6.45) is 26.9. The summed E-state index contributed by atoms with van der Waals surface area (Å²) in [5.41, 5.74) is 0. The van der Waals surface area contributed by atoms with Crippen LogP contribution in [0, 0.1) is 0 Å². The lowest BCUT2D eigenvalue weighted by Crippen LogP contribution is -2.13. The van der Waals surface area contributed by atoms with Crippen LogP contribution in [-0.2, 0) is 19.1 Å². The molecule has 0 amide bonds. The maximum Gasteiger partial charge on any atom is 0.314 e. The zero-order valence-electron chi connectivity index (χ0n) is 17.4. The molecule has 5 nitrogen and oxygen atoms in total. The molecule has 0 rings (SSSR count). The van der Waals surface area contributed by atoms with E-state index in [1.54, 1.807) is 0 Å². The second-order valence-corrected chi connectivity index (χ2v) is 6.34. The molecule has 0 aromatic carbocycles. The molecule has 0 saturated carbocycles. The van der Waals surface area contributed by atoms with Crippen LogP contribution in [0.3, 0.4) is 0 Å². The lowest BCUT2D eigenvalue weighted by molar-refractivity contribution is -0.161. The molecule has 0 bridgehead atoms. The van der Waals surface area contributed by atoms with Crippen LogP contribution in [0.15, 0.2) is 60.8 Å². The summed E-state index contributed by atoms with van der Waals surface area (Å²) >= 11 is 0. The topological polar surface area (TPSA) is 80.7 Å². The number of unbranched alkanes of at least 4 members (excludes halogenated alkanes) is 1. The fraction of sp³-hybridized carbons (Fsp3) is 0.458. The molecule has 160 valence electrons. The molecule has 0 unspecified atom stereocenters. The number of carbonyl (C=O) groups excluding carboxylic acids is 2. The molecule has 29 heavy (non-hydrogen) atoms. The number of hydrogen-bond donors (Lipinski definition) is 1. The van der Waals surface area contributed by atoms with Gasteiger partial charge in [0.2, 0.25) is 0 Å². The summed E-state index contributed by atoms with van der Waals surface area (Å²) in [5, 5.41) is 8.45. The molecule has 0 spiro atoms. The average Bonchev–Trinajstić information content (AvgIpc) is 2.68. The van der Waals surface area contributed by atoms with E-state index >= 15 is 0 Å². The molecule has 0 saturated heterocycles. The van der Waals surface area contributed by atoms with E-state index in [-0.39, 0.29) is 19.3 Å². The Bertz CT molecular complexity index is 609. The predicted octanol–water partition coefficient (Wildman–Crippen LogP) is 5.84. The lowest BCUT2D eigenvalue weighted by atomic mass is 10.2. The highest BCUT2D eigenvalue weighted by Gasteiger charge is 2.11. The summed E-state index contributed by atoms with van der Waals surface area (Å²) in [6, 6.07) is 0. The van der Waals surface area contributed by atoms with Crippen molar-refractivity contribution in [3.63, 3.8) is 0 Å². The van der Waals surface area contributed by atoms with E-state index in [9.17, 15) is 14.4 Å². The van der Waals surface area contributed by atoms with Gasteiger partial charge in [0.25, 0.3) is 0 Å². The third-order valence-corrected chi connectivity index (χ3v) is 3.68. The summed E-state index contributed by atoms with van der Waals surface area (Å²) in [6.45, 7) is 2.13. The Morgan fingerprint density at radius 3 is 1.59 bits per heavy atom. The van der Waals surface area contributed by atoms with E-state index in [0.29, 0.717) is 6.42 Å². The van der Waals surface area contributed by atoms with Crippen molar-refractivity contribution in [3.8, 4) is 0 Å². The zero-order chi connectivity index (χ0) is 21.6. The zero-order valence-corrected chi connectivity index (χ0v) is 17.4. The highest BCUT2D eigenvalue weighted by molar-refractivity contribution is 5.86. The number of carbonyl (C=O) groups is 3. The largest absolute Gasteiger partial charge is 0.481 e. The van der Waals surface area contributed by atoms with Crippen LogP contribution in [-0.4, -0.2) is 23.0 Å². The molecule has 1 N–H and O–H groups in total. The van der Waals surface area contributed by atoms with Gasteiger partial charge in [-0.05, 0) is 44.9 Å². The third kappa shape index (κ3) is 21.5. The standard InChI is InChI=1S/C24H34O5/c1-2-3-4-5-6-7-8-9-10-11-12-13-14-15-16-17-18-19-23(27)29-24(28)21-20-22(25)26/h3-4,6-7,9-10,12-13,15-16H,2,5,8,11,14,17-21H2,1H3,(H,25,26). The fourth-order valence-electron chi connectivity index (χ4n) is 2.17. The van der Waals surface area contributed by atoms with E-state index in [1.807, 2.05) is 12.2 Å². The Morgan fingerprint density at radius 1 is 0.655 bits per heavy atom. The van der Waals surface area contributed by atoms with Crippen molar-refractivity contribution in [2.75, 3.05) is 0 Å². The van der Waals surface area contributed by atoms with Crippen molar-refractivity contribution in [2.45, 2.75) is 71.1 Å². The van der Waals surface area contributed by atoms with Gasteiger partial charge in [0.1, 0.15) is 0 Å². The fourth-order valence-corrected chi connectivity index (χ4v) is 2.17. The first-order valence-electron chi connectivity index (χ1n) is 10.3. The van der Waals surface area contributed by atoms with Crippen molar-refractivity contribution in [2.24, 2.45) is 0 Å². The Morgan fingerprint density at radius 2 is 1.10 bits per heavy atom. The molecule has 0 fully saturated rings. The van der Waals surface area contributed by atoms with Crippen molar-refractivity contribution < 1.29 is 24.2 Å². The number of rotatable bonds is 16. The van der Waals surface area contributed by atoms with Gasteiger partial charge in [-0.25, -0.2) is 0 Å². The summed E-state index contributed by atoms with van der Waals surface area (Å²) in [7, 11) is 0. The van der Waals surface area contributed by atoms with E-state index in [2.05, 4.69) is 60.3 Å². The van der Waals surface area contributed by atoms with Crippen LogP contribution in [0.25, 0.3) is 0 Å². The third-order valence-electron chi connectivity index (χ3n) is 3.68. The van der Waals surface area contributed by atoms with E-state index in [1.165, 1.54) is 0 Å². The van der Waals surface area contributed by atoms with E-state index < -0.39 is 17.9 Å². The van der Waals surface area contributed by atoms with Crippen LogP contribution in [0.5, 0.6) is 0 Å². The number of esters is 2. The minimum absolute atomic E-state index is 0.146.